The number of rotatable bonds is 4. The molecule has 4 nitrogen and oxygen atoms in total. The number of nitrogens with one attached hydrogen (secondary N) is 1. The van der Waals surface area contributed by atoms with E-state index in [1.165, 1.54) is 32.1 Å². The lowest BCUT2D eigenvalue weighted by atomic mass is 9.96. The smallest absolute Gasteiger partial charge is 0.226 e. The van der Waals surface area contributed by atoms with Crippen molar-refractivity contribution in [1.29, 1.82) is 0 Å². The van der Waals surface area contributed by atoms with Gasteiger partial charge < -0.3 is 10.2 Å². The quantitative estimate of drug-likeness (QED) is 0.679. The molecule has 1 N–H and O–H groups in total. The lowest BCUT2D eigenvalue weighted by Gasteiger charge is -2.23. The molecule has 1 aromatic rings. The summed E-state index contributed by atoms with van der Waals surface area (Å²) in [7, 11) is 2.04. The second kappa shape index (κ2) is 10.1. The van der Waals surface area contributed by atoms with Gasteiger partial charge in [-0.3, -0.25) is 9.79 Å². The van der Waals surface area contributed by atoms with Crippen molar-refractivity contribution in [3.05, 3.63) is 28.2 Å². The molecule has 2 aliphatic rings. The topological polar surface area (TPSA) is 44.7 Å². The molecule has 1 heterocycles. The third kappa shape index (κ3) is 5.69. The zero-order valence-electron chi connectivity index (χ0n) is 14.7. The normalized spacial score (nSPS) is 22.3. The molecule has 2 fully saturated rings. The Morgan fingerprint density at radius 3 is 2.69 bits per heavy atom. The fraction of sp³-hybridized carbons (Fsp3) is 0.556. The SMILES string of the molecule is CN1/C(=N/C2CCCCC2)SCC1CC(=O)Nc1ccc(Cl)c(Cl)c1.Cl. The minimum Gasteiger partial charge on any atom is -0.350 e. The van der Waals surface area contributed by atoms with Gasteiger partial charge in [-0.2, -0.15) is 0 Å². The standard InChI is InChI=1S/C18H23Cl2N3OS.ClH/c1-23-14(11-25-18(23)22-12-5-3-2-4-6-12)10-17(24)21-13-7-8-15(19)16(20)9-13;/h7-9,12,14H,2-6,10-11H2,1H3,(H,21,24);1H/b22-18-;. The fourth-order valence-electron chi connectivity index (χ4n) is 3.23. The van der Waals surface area contributed by atoms with E-state index in [0.717, 1.165) is 10.9 Å². The molecule has 3 rings (SSSR count). The van der Waals surface area contributed by atoms with Crippen LogP contribution in [0.3, 0.4) is 0 Å². The van der Waals surface area contributed by atoms with Gasteiger partial charge in [0.15, 0.2) is 5.17 Å². The van der Waals surface area contributed by atoms with Gasteiger partial charge in [-0.1, -0.05) is 54.2 Å². The van der Waals surface area contributed by atoms with Crippen LogP contribution in [0.1, 0.15) is 38.5 Å². The molecule has 1 amide bonds. The van der Waals surface area contributed by atoms with Crippen LogP contribution in [-0.4, -0.2) is 40.9 Å². The lowest BCUT2D eigenvalue weighted by molar-refractivity contribution is -0.116. The molecule has 26 heavy (non-hydrogen) atoms. The van der Waals surface area contributed by atoms with Crippen molar-refractivity contribution in [2.24, 2.45) is 4.99 Å². The van der Waals surface area contributed by atoms with E-state index >= 15 is 0 Å². The molecule has 1 aliphatic heterocycles. The molecule has 1 saturated carbocycles. The summed E-state index contributed by atoms with van der Waals surface area (Å²) >= 11 is 13.7. The van der Waals surface area contributed by atoms with Crippen LogP contribution in [0.5, 0.6) is 0 Å². The van der Waals surface area contributed by atoms with Crippen molar-refractivity contribution in [2.75, 3.05) is 18.1 Å². The fourth-order valence-corrected chi connectivity index (χ4v) is 4.79. The molecule has 0 aromatic heterocycles. The van der Waals surface area contributed by atoms with Crippen LogP contribution in [0, 0.1) is 0 Å². The number of hydrogen-bond donors (Lipinski definition) is 1. The Morgan fingerprint density at radius 2 is 2.00 bits per heavy atom. The van der Waals surface area contributed by atoms with Gasteiger partial charge in [0.2, 0.25) is 5.91 Å². The second-order valence-corrected chi connectivity index (χ2v) is 8.46. The van der Waals surface area contributed by atoms with Crippen LogP contribution < -0.4 is 5.32 Å². The van der Waals surface area contributed by atoms with E-state index in [1.54, 1.807) is 30.0 Å². The molecule has 1 atom stereocenters. The summed E-state index contributed by atoms with van der Waals surface area (Å²) in [6.07, 6.45) is 6.73. The largest absolute Gasteiger partial charge is 0.350 e. The third-order valence-electron chi connectivity index (χ3n) is 4.75. The maximum atomic E-state index is 12.3. The number of benzene rings is 1. The summed E-state index contributed by atoms with van der Waals surface area (Å²) < 4.78 is 0. The highest BCUT2D eigenvalue weighted by molar-refractivity contribution is 8.14. The summed E-state index contributed by atoms with van der Waals surface area (Å²) in [5.74, 6) is 0.881. The predicted molar refractivity (Wildman–Crippen MR) is 115 cm³/mol. The van der Waals surface area contributed by atoms with E-state index in [9.17, 15) is 4.79 Å². The molecule has 0 bridgehead atoms. The zero-order chi connectivity index (χ0) is 17.8. The Morgan fingerprint density at radius 1 is 1.27 bits per heavy atom. The molecule has 1 saturated heterocycles. The first-order valence-corrected chi connectivity index (χ1v) is 10.5. The van der Waals surface area contributed by atoms with E-state index in [1.807, 2.05) is 7.05 Å². The summed E-state index contributed by atoms with van der Waals surface area (Å²) in [5.41, 5.74) is 0.670. The highest BCUT2D eigenvalue weighted by Crippen LogP contribution is 2.29. The maximum Gasteiger partial charge on any atom is 0.226 e. The van der Waals surface area contributed by atoms with E-state index in [-0.39, 0.29) is 24.4 Å². The molecule has 0 radical (unpaired) electrons. The van der Waals surface area contributed by atoms with Gasteiger partial charge in [-0.15, -0.1) is 12.4 Å². The first-order chi connectivity index (χ1) is 12.0. The minimum atomic E-state index is -0.0187. The molecule has 1 aromatic carbocycles. The number of carbonyl (C=O) groups is 1. The van der Waals surface area contributed by atoms with E-state index in [4.69, 9.17) is 28.2 Å². The molecule has 144 valence electrons. The van der Waals surface area contributed by atoms with Crippen LogP contribution in [0.4, 0.5) is 5.69 Å². The number of carbonyl (C=O) groups excluding carboxylic acids is 1. The van der Waals surface area contributed by atoms with Crippen molar-refractivity contribution in [1.82, 2.24) is 4.90 Å². The Balaban J connectivity index is 0.00000243. The van der Waals surface area contributed by atoms with Crippen molar-refractivity contribution >= 4 is 64.1 Å². The first-order valence-electron chi connectivity index (χ1n) is 8.71. The van der Waals surface area contributed by atoms with Gasteiger partial charge in [0, 0.05) is 31.0 Å². The number of aliphatic imine (C=N–C) groups is 1. The Kier molecular flexibility index (Phi) is 8.40. The van der Waals surface area contributed by atoms with Gasteiger partial charge in [0.25, 0.3) is 0 Å². The first kappa shape index (κ1) is 21.7. The monoisotopic (exact) mass is 435 g/mol. The van der Waals surface area contributed by atoms with Crippen molar-refractivity contribution in [2.45, 2.75) is 50.6 Å². The number of amides is 1. The predicted octanol–water partition coefficient (Wildman–Crippen LogP) is 5.48. The number of thioether (sulfide) groups is 1. The van der Waals surface area contributed by atoms with Crippen molar-refractivity contribution < 1.29 is 4.79 Å². The number of nitrogens with zero attached hydrogens (tertiary/aromatic N) is 2. The van der Waals surface area contributed by atoms with E-state index in [0.29, 0.717) is 28.2 Å². The number of anilines is 1. The minimum absolute atomic E-state index is 0. The van der Waals surface area contributed by atoms with Gasteiger partial charge in [0.05, 0.1) is 16.1 Å². The Labute approximate surface area is 175 Å². The van der Waals surface area contributed by atoms with Gasteiger partial charge in [0.1, 0.15) is 0 Å². The third-order valence-corrected chi connectivity index (χ3v) is 6.69. The number of halogens is 3. The van der Waals surface area contributed by atoms with Gasteiger partial charge in [-0.25, -0.2) is 0 Å². The highest BCUT2D eigenvalue weighted by Gasteiger charge is 2.29. The molecule has 1 aliphatic carbocycles. The summed E-state index contributed by atoms with van der Waals surface area (Å²) in [6.45, 7) is 0. The summed E-state index contributed by atoms with van der Waals surface area (Å²) in [5, 5.41) is 4.90. The average Bonchev–Trinajstić information content (AvgIpc) is 2.92. The highest BCUT2D eigenvalue weighted by atomic mass is 35.5. The van der Waals surface area contributed by atoms with Crippen LogP contribution >= 0.6 is 47.4 Å². The Bertz CT molecular complexity index is 665. The molecule has 8 heteroatoms. The number of hydrogen-bond acceptors (Lipinski definition) is 3. The van der Waals surface area contributed by atoms with Crippen molar-refractivity contribution in [3.8, 4) is 0 Å². The molecular weight excluding hydrogens is 413 g/mol. The van der Waals surface area contributed by atoms with E-state index < -0.39 is 0 Å². The van der Waals surface area contributed by atoms with Crippen LogP contribution in [0.25, 0.3) is 0 Å². The van der Waals surface area contributed by atoms with Crippen LogP contribution in [0.15, 0.2) is 23.2 Å². The molecule has 1 unspecified atom stereocenters. The van der Waals surface area contributed by atoms with Crippen molar-refractivity contribution in [3.63, 3.8) is 0 Å². The van der Waals surface area contributed by atoms with E-state index in [2.05, 4.69) is 10.2 Å². The summed E-state index contributed by atoms with van der Waals surface area (Å²) in [4.78, 5) is 19.4. The molecular formula is C18H24Cl3N3OS. The number of amidine groups is 1. The van der Waals surface area contributed by atoms with Gasteiger partial charge in [-0.05, 0) is 31.0 Å². The zero-order valence-corrected chi connectivity index (χ0v) is 17.9. The average molecular weight is 437 g/mol. The Hall–Kier alpha value is -0.620. The second-order valence-electron chi connectivity index (χ2n) is 6.66. The van der Waals surface area contributed by atoms with Gasteiger partial charge >= 0.3 is 0 Å². The molecule has 0 spiro atoms. The lowest BCUT2D eigenvalue weighted by Crippen LogP contribution is -2.34. The van der Waals surface area contributed by atoms with Crippen LogP contribution in [-0.2, 0) is 4.79 Å². The summed E-state index contributed by atoms with van der Waals surface area (Å²) in [6, 6.07) is 5.75. The van der Waals surface area contributed by atoms with Crippen LogP contribution in [0.2, 0.25) is 10.0 Å². The maximum absolute atomic E-state index is 12.3.